The number of benzene rings is 11. The molecule has 0 fully saturated rings. The average Bonchev–Trinajstić information content (AvgIpc) is 3.85. The van der Waals surface area contributed by atoms with Crippen LogP contribution in [0.15, 0.2) is 267 Å². The lowest BCUT2D eigenvalue weighted by Gasteiger charge is -2.30. The van der Waals surface area contributed by atoms with Crippen molar-refractivity contribution in [3.63, 3.8) is 0 Å². The number of para-hydroxylation sites is 1. The number of hydrogen-bond acceptors (Lipinski definition) is 1. The SMILES string of the molecule is CC1(C)c2ccccc2-c2cccc(-c3ccccc3N(c3ccc(-c4ccc(-c5ccccc5)c(-c5ccccc5)c4)cc3)c3ccc(-c4ccc5c(c4)C(C)(c4ccccc4)c4ccccc4-5)cc3)c21. The molecule has 0 spiro atoms. The van der Waals surface area contributed by atoms with E-state index < -0.39 is 0 Å². The summed E-state index contributed by atoms with van der Waals surface area (Å²) in [6, 6.07) is 98.6. The molecule has 0 saturated carbocycles. The van der Waals surface area contributed by atoms with Crippen LogP contribution in [0.5, 0.6) is 0 Å². The van der Waals surface area contributed by atoms with Crippen molar-refractivity contribution in [1.29, 1.82) is 0 Å². The van der Waals surface area contributed by atoms with Gasteiger partial charge >= 0.3 is 0 Å². The van der Waals surface area contributed by atoms with Crippen molar-refractivity contribution >= 4 is 17.1 Å². The summed E-state index contributed by atoms with van der Waals surface area (Å²) >= 11 is 0. The minimum atomic E-state index is -0.267. The molecule has 11 aromatic rings. The van der Waals surface area contributed by atoms with Gasteiger partial charge in [0.05, 0.1) is 5.69 Å². The normalized spacial score (nSPS) is 14.8. The topological polar surface area (TPSA) is 3.24 Å². The summed E-state index contributed by atoms with van der Waals surface area (Å²) in [6.07, 6.45) is 0. The third kappa shape index (κ3) is 6.99. The molecule has 1 heteroatoms. The van der Waals surface area contributed by atoms with Crippen LogP contribution < -0.4 is 4.90 Å². The van der Waals surface area contributed by atoms with Crippen LogP contribution in [0, 0.1) is 0 Å². The lowest BCUT2D eigenvalue weighted by Crippen LogP contribution is -2.22. The Hall–Kier alpha value is -8.78. The lowest BCUT2D eigenvalue weighted by atomic mass is 9.74. The predicted octanol–water partition coefficient (Wildman–Crippen LogP) is 19.1. The first-order chi connectivity index (χ1) is 35.4. The highest BCUT2D eigenvalue weighted by molar-refractivity contribution is 5.95. The Balaban J connectivity index is 0.933. The number of hydrogen-bond donors (Lipinski definition) is 0. The molecule has 0 radical (unpaired) electrons. The van der Waals surface area contributed by atoms with Crippen molar-refractivity contribution in [2.75, 3.05) is 4.90 Å². The van der Waals surface area contributed by atoms with Crippen LogP contribution in [-0.4, -0.2) is 0 Å². The zero-order valence-corrected chi connectivity index (χ0v) is 40.9. The molecule has 1 atom stereocenters. The number of nitrogens with zero attached hydrogens (tertiary/aromatic N) is 1. The van der Waals surface area contributed by atoms with Crippen LogP contribution in [0.3, 0.4) is 0 Å². The van der Waals surface area contributed by atoms with Crippen LogP contribution in [0.4, 0.5) is 17.1 Å². The fourth-order valence-corrected chi connectivity index (χ4v) is 12.2. The molecule has 0 aromatic heterocycles. The zero-order valence-electron chi connectivity index (χ0n) is 40.9. The lowest BCUT2D eigenvalue weighted by molar-refractivity contribution is 0.662. The van der Waals surface area contributed by atoms with E-state index in [-0.39, 0.29) is 10.8 Å². The van der Waals surface area contributed by atoms with Crippen LogP contribution in [0.25, 0.3) is 77.9 Å². The molecule has 2 aliphatic carbocycles. The quantitative estimate of drug-likeness (QED) is 0.139. The van der Waals surface area contributed by atoms with Crippen molar-refractivity contribution < 1.29 is 0 Å². The molecule has 13 rings (SSSR count). The second kappa shape index (κ2) is 17.3. The summed E-state index contributed by atoms with van der Waals surface area (Å²) in [5.74, 6) is 0. The van der Waals surface area contributed by atoms with E-state index in [1.165, 1.54) is 106 Å². The standard InChI is InChI=1S/C71H53N/c1-70(2)65-31-16-13-27-59(65)62-29-19-30-63(69(62)70)61-28-15-18-33-68(61)72(55-40-34-48(35-41-55)52-38-44-57(50-20-7-4-8-21-50)64(46-52)51-22-9-5-10-23-51)56-42-36-49(37-43-56)53-39-45-60-58-26-14-17-32-66(58)71(3,67(60)47-53)54-24-11-6-12-25-54/h4-47H,1-3H3. The maximum absolute atomic E-state index is 2.46. The maximum Gasteiger partial charge on any atom is 0.0540 e. The molecule has 2 aliphatic rings. The van der Waals surface area contributed by atoms with E-state index in [1.54, 1.807) is 0 Å². The number of anilines is 3. The van der Waals surface area contributed by atoms with Crippen molar-refractivity contribution in [1.82, 2.24) is 0 Å². The summed E-state index contributed by atoms with van der Waals surface area (Å²) in [5.41, 5.74) is 27.0. The Morgan fingerprint density at radius 1 is 0.264 bits per heavy atom. The third-order valence-corrected chi connectivity index (χ3v) is 15.8. The van der Waals surface area contributed by atoms with E-state index in [0.717, 1.165) is 17.1 Å². The minimum Gasteiger partial charge on any atom is -0.310 e. The van der Waals surface area contributed by atoms with Gasteiger partial charge in [0.25, 0.3) is 0 Å². The molecule has 0 bridgehead atoms. The van der Waals surface area contributed by atoms with Crippen molar-refractivity contribution in [2.45, 2.75) is 31.6 Å². The molecule has 1 unspecified atom stereocenters. The van der Waals surface area contributed by atoms with Gasteiger partial charge in [-0.25, -0.2) is 0 Å². The van der Waals surface area contributed by atoms with E-state index in [1.807, 2.05) is 0 Å². The monoisotopic (exact) mass is 919 g/mol. The van der Waals surface area contributed by atoms with Gasteiger partial charge in [0.15, 0.2) is 0 Å². The summed E-state index contributed by atoms with van der Waals surface area (Å²) in [7, 11) is 0. The van der Waals surface area contributed by atoms with Crippen molar-refractivity contribution in [3.05, 3.63) is 295 Å². The molecule has 72 heavy (non-hydrogen) atoms. The molecule has 0 saturated heterocycles. The van der Waals surface area contributed by atoms with Crippen LogP contribution in [0.1, 0.15) is 48.6 Å². The summed E-state index contributed by atoms with van der Waals surface area (Å²) in [6.45, 7) is 7.16. The van der Waals surface area contributed by atoms with Gasteiger partial charge in [0.2, 0.25) is 0 Å². The first-order valence-electron chi connectivity index (χ1n) is 25.2. The van der Waals surface area contributed by atoms with Crippen molar-refractivity contribution in [3.8, 4) is 77.9 Å². The molecule has 0 aliphatic heterocycles. The molecule has 11 aromatic carbocycles. The van der Waals surface area contributed by atoms with Gasteiger partial charge in [0, 0.05) is 27.8 Å². The highest BCUT2D eigenvalue weighted by Gasteiger charge is 2.41. The summed E-state index contributed by atoms with van der Waals surface area (Å²) < 4.78 is 0. The van der Waals surface area contributed by atoms with Gasteiger partial charge in [-0.1, -0.05) is 238 Å². The van der Waals surface area contributed by atoms with E-state index in [4.69, 9.17) is 0 Å². The molecule has 0 amide bonds. The Kier molecular flexibility index (Phi) is 10.4. The predicted molar refractivity (Wildman–Crippen MR) is 303 cm³/mol. The first kappa shape index (κ1) is 43.3. The summed E-state index contributed by atoms with van der Waals surface area (Å²) in [5, 5.41) is 0. The largest absolute Gasteiger partial charge is 0.310 e. The number of fused-ring (bicyclic) bond motifs is 6. The second-order valence-corrected chi connectivity index (χ2v) is 20.1. The molecular weight excluding hydrogens is 867 g/mol. The zero-order chi connectivity index (χ0) is 48.4. The number of rotatable bonds is 9. The summed E-state index contributed by atoms with van der Waals surface area (Å²) in [4.78, 5) is 2.46. The van der Waals surface area contributed by atoms with E-state index >= 15 is 0 Å². The Morgan fingerprint density at radius 3 is 1.32 bits per heavy atom. The highest BCUT2D eigenvalue weighted by atomic mass is 15.1. The molecule has 0 heterocycles. The van der Waals surface area contributed by atoms with Gasteiger partial charge in [-0.05, 0) is 150 Å². The van der Waals surface area contributed by atoms with E-state index in [2.05, 4.69) is 293 Å². The van der Waals surface area contributed by atoms with Crippen LogP contribution >= 0.6 is 0 Å². The van der Waals surface area contributed by atoms with Crippen molar-refractivity contribution in [2.24, 2.45) is 0 Å². The van der Waals surface area contributed by atoms with E-state index in [0.29, 0.717) is 0 Å². The molecule has 0 N–H and O–H groups in total. The van der Waals surface area contributed by atoms with Crippen LogP contribution in [0.2, 0.25) is 0 Å². The molecule has 1 nitrogen and oxygen atoms in total. The fraction of sp³-hybridized carbons (Fsp3) is 0.0704. The van der Waals surface area contributed by atoms with Gasteiger partial charge in [-0.15, -0.1) is 0 Å². The second-order valence-electron chi connectivity index (χ2n) is 20.1. The smallest absolute Gasteiger partial charge is 0.0540 e. The minimum absolute atomic E-state index is 0.174. The van der Waals surface area contributed by atoms with Gasteiger partial charge in [-0.3, -0.25) is 0 Å². The van der Waals surface area contributed by atoms with Crippen LogP contribution in [-0.2, 0) is 10.8 Å². The third-order valence-electron chi connectivity index (χ3n) is 15.8. The fourth-order valence-electron chi connectivity index (χ4n) is 12.2. The Bertz CT molecular complexity index is 3810. The Labute approximate surface area is 424 Å². The van der Waals surface area contributed by atoms with Gasteiger partial charge in [-0.2, -0.15) is 0 Å². The van der Waals surface area contributed by atoms with Gasteiger partial charge < -0.3 is 4.90 Å². The highest BCUT2D eigenvalue weighted by Crippen LogP contribution is 2.55. The van der Waals surface area contributed by atoms with Gasteiger partial charge in [0.1, 0.15) is 0 Å². The van der Waals surface area contributed by atoms with E-state index in [9.17, 15) is 0 Å². The maximum atomic E-state index is 2.46. The first-order valence-corrected chi connectivity index (χ1v) is 25.2. The molecular formula is C71H53N. The average molecular weight is 920 g/mol. The molecule has 342 valence electrons. The Morgan fingerprint density at radius 2 is 0.694 bits per heavy atom.